The molecule has 132 valence electrons. The number of carbonyl (C=O) groups is 1. The van der Waals surface area contributed by atoms with Crippen molar-refractivity contribution in [1.82, 2.24) is 10.2 Å². The van der Waals surface area contributed by atoms with Crippen LogP contribution in [0.3, 0.4) is 0 Å². The Kier molecular flexibility index (Phi) is 5.14. The number of rotatable bonds is 3. The molecular weight excluding hydrogens is 300 g/mol. The molecule has 2 aliphatic rings. The maximum Gasteiger partial charge on any atom is 0.407 e. The van der Waals surface area contributed by atoms with E-state index in [4.69, 9.17) is 4.74 Å². The SMILES string of the molecule is CC(C)(C)OC(=O)NC1CN(C2CCC(c3ccccc3)CC2)C1. The number of ether oxygens (including phenoxy) is 1. The molecule has 1 amide bonds. The fourth-order valence-electron chi connectivity index (χ4n) is 3.88. The third-order valence-corrected chi connectivity index (χ3v) is 5.11. The average molecular weight is 330 g/mol. The van der Waals surface area contributed by atoms with Gasteiger partial charge in [-0.25, -0.2) is 4.79 Å². The van der Waals surface area contributed by atoms with Gasteiger partial charge in [0.15, 0.2) is 0 Å². The summed E-state index contributed by atoms with van der Waals surface area (Å²) in [6.45, 7) is 7.60. The minimum absolute atomic E-state index is 0.242. The Morgan fingerprint density at radius 1 is 1.08 bits per heavy atom. The summed E-state index contributed by atoms with van der Waals surface area (Å²) < 4.78 is 5.32. The zero-order chi connectivity index (χ0) is 17.2. The van der Waals surface area contributed by atoms with Crippen LogP contribution < -0.4 is 5.32 Å². The molecule has 1 aromatic rings. The largest absolute Gasteiger partial charge is 0.444 e. The monoisotopic (exact) mass is 330 g/mol. The van der Waals surface area contributed by atoms with Gasteiger partial charge in [0.25, 0.3) is 0 Å². The molecule has 1 aromatic carbocycles. The van der Waals surface area contributed by atoms with Crippen molar-refractivity contribution < 1.29 is 9.53 Å². The molecule has 1 heterocycles. The standard InChI is InChI=1S/C20H30N2O2/c1-20(2,3)24-19(23)21-17-13-22(14-17)18-11-9-16(10-12-18)15-7-5-4-6-8-15/h4-8,16-18H,9-14H2,1-3H3,(H,21,23). The van der Waals surface area contributed by atoms with Crippen molar-refractivity contribution in [2.24, 2.45) is 0 Å². The molecule has 0 bridgehead atoms. The first-order valence-electron chi connectivity index (χ1n) is 9.19. The van der Waals surface area contributed by atoms with E-state index in [1.165, 1.54) is 31.2 Å². The highest BCUT2D eigenvalue weighted by molar-refractivity contribution is 5.68. The van der Waals surface area contributed by atoms with Crippen LogP contribution in [0.15, 0.2) is 30.3 Å². The molecule has 0 spiro atoms. The first kappa shape index (κ1) is 17.3. The molecule has 1 aliphatic carbocycles. The number of likely N-dealkylation sites (tertiary alicyclic amines) is 1. The number of carbonyl (C=O) groups excluding carboxylic acids is 1. The van der Waals surface area contributed by atoms with Crippen LogP contribution in [0.2, 0.25) is 0 Å². The highest BCUT2D eigenvalue weighted by Crippen LogP contribution is 2.35. The zero-order valence-electron chi connectivity index (χ0n) is 15.1. The quantitative estimate of drug-likeness (QED) is 0.913. The zero-order valence-corrected chi connectivity index (χ0v) is 15.1. The first-order chi connectivity index (χ1) is 11.4. The Morgan fingerprint density at radius 2 is 1.71 bits per heavy atom. The molecule has 0 unspecified atom stereocenters. The van der Waals surface area contributed by atoms with Gasteiger partial charge in [0.2, 0.25) is 0 Å². The van der Waals surface area contributed by atoms with Gasteiger partial charge < -0.3 is 10.1 Å². The number of alkyl carbamates (subject to hydrolysis) is 1. The summed E-state index contributed by atoms with van der Waals surface area (Å²) in [5.74, 6) is 0.722. The van der Waals surface area contributed by atoms with Gasteiger partial charge in [-0.3, -0.25) is 4.90 Å². The van der Waals surface area contributed by atoms with Gasteiger partial charge in [-0.15, -0.1) is 0 Å². The van der Waals surface area contributed by atoms with E-state index in [2.05, 4.69) is 40.5 Å². The van der Waals surface area contributed by atoms with Crippen LogP contribution in [0.4, 0.5) is 4.79 Å². The van der Waals surface area contributed by atoms with Gasteiger partial charge in [0.05, 0.1) is 6.04 Å². The van der Waals surface area contributed by atoms with E-state index < -0.39 is 5.60 Å². The lowest BCUT2D eigenvalue weighted by Crippen LogP contribution is -2.62. The summed E-state index contributed by atoms with van der Waals surface area (Å²) in [5.41, 5.74) is 1.06. The van der Waals surface area contributed by atoms with E-state index in [1.807, 2.05) is 20.8 Å². The Bertz CT molecular complexity index is 539. The molecule has 1 N–H and O–H groups in total. The third kappa shape index (κ3) is 4.50. The maximum absolute atomic E-state index is 11.8. The van der Waals surface area contributed by atoms with Crippen LogP contribution in [0.5, 0.6) is 0 Å². The van der Waals surface area contributed by atoms with Crippen molar-refractivity contribution in [3.8, 4) is 0 Å². The second-order valence-electron chi connectivity index (χ2n) is 8.21. The predicted octanol–water partition coefficient (Wildman–Crippen LogP) is 3.92. The van der Waals surface area contributed by atoms with E-state index >= 15 is 0 Å². The van der Waals surface area contributed by atoms with Gasteiger partial charge in [-0.2, -0.15) is 0 Å². The molecule has 4 nitrogen and oxygen atoms in total. The average Bonchev–Trinajstić information content (AvgIpc) is 2.50. The second kappa shape index (κ2) is 7.14. The minimum atomic E-state index is -0.427. The van der Waals surface area contributed by atoms with E-state index in [0.29, 0.717) is 6.04 Å². The van der Waals surface area contributed by atoms with E-state index in [9.17, 15) is 4.79 Å². The molecule has 24 heavy (non-hydrogen) atoms. The van der Waals surface area contributed by atoms with Crippen molar-refractivity contribution in [3.63, 3.8) is 0 Å². The first-order valence-corrected chi connectivity index (χ1v) is 9.19. The molecular formula is C20H30N2O2. The van der Waals surface area contributed by atoms with Crippen molar-refractivity contribution >= 4 is 6.09 Å². The van der Waals surface area contributed by atoms with Crippen LogP contribution >= 0.6 is 0 Å². The van der Waals surface area contributed by atoms with Gasteiger partial charge in [0.1, 0.15) is 5.60 Å². The second-order valence-corrected chi connectivity index (χ2v) is 8.21. The van der Waals surface area contributed by atoms with Gasteiger partial charge >= 0.3 is 6.09 Å². The van der Waals surface area contributed by atoms with Crippen LogP contribution in [0.25, 0.3) is 0 Å². The Morgan fingerprint density at radius 3 is 2.29 bits per heavy atom. The minimum Gasteiger partial charge on any atom is -0.444 e. The maximum atomic E-state index is 11.8. The Hall–Kier alpha value is -1.55. The summed E-state index contributed by atoms with van der Waals surface area (Å²) in [5, 5.41) is 2.97. The number of benzene rings is 1. The topological polar surface area (TPSA) is 41.6 Å². The number of hydrogen-bond donors (Lipinski definition) is 1. The third-order valence-electron chi connectivity index (χ3n) is 5.11. The van der Waals surface area contributed by atoms with Crippen LogP contribution in [0, 0.1) is 0 Å². The summed E-state index contributed by atoms with van der Waals surface area (Å²) in [7, 11) is 0. The molecule has 1 aliphatic heterocycles. The van der Waals surface area contributed by atoms with Crippen LogP contribution in [-0.2, 0) is 4.74 Å². The molecule has 4 heteroatoms. The summed E-state index contributed by atoms with van der Waals surface area (Å²) in [4.78, 5) is 14.3. The highest BCUT2D eigenvalue weighted by atomic mass is 16.6. The number of nitrogens with one attached hydrogen (secondary N) is 1. The van der Waals surface area contributed by atoms with E-state index in [1.54, 1.807) is 0 Å². The van der Waals surface area contributed by atoms with Crippen molar-refractivity contribution in [3.05, 3.63) is 35.9 Å². The predicted molar refractivity (Wildman–Crippen MR) is 96.2 cm³/mol. The normalized spacial score (nSPS) is 25.8. The Labute approximate surface area is 145 Å². The lowest BCUT2D eigenvalue weighted by molar-refractivity contribution is 0.0256. The van der Waals surface area contributed by atoms with Gasteiger partial charge in [-0.1, -0.05) is 30.3 Å². The molecule has 0 atom stereocenters. The number of hydrogen-bond acceptors (Lipinski definition) is 3. The highest BCUT2D eigenvalue weighted by Gasteiger charge is 2.36. The fraction of sp³-hybridized carbons (Fsp3) is 0.650. The molecule has 2 fully saturated rings. The molecule has 3 rings (SSSR count). The lowest BCUT2D eigenvalue weighted by atomic mass is 9.80. The van der Waals surface area contributed by atoms with Crippen LogP contribution in [0.1, 0.15) is 57.9 Å². The Balaban J connectivity index is 1.38. The van der Waals surface area contributed by atoms with Gasteiger partial charge in [0, 0.05) is 19.1 Å². The van der Waals surface area contributed by atoms with Crippen molar-refractivity contribution in [1.29, 1.82) is 0 Å². The van der Waals surface area contributed by atoms with Gasteiger partial charge in [-0.05, 0) is 57.9 Å². The molecule has 0 radical (unpaired) electrons. The van der Waals surface area contributed by atoms with E-state index in [0.717, 1.165) is 19.0 Å². The van der Waals surface area contributed by atoms with Crippen molar-refractivity contribution in [2.45, 2.75) is 70.1 Å². The molecule has 0 aromatic heterocycles. The summed E-state index contributed by atoms with van der Waals surface area (Å²) in [6, 6.07) is 11.8. The number of nitrogens with zero attached hydrogens (tertiary/aromatic N) is 1. The number of amides is 1. The van der Waals surface area contributed by atoms with E-state index in [-0.39, 0.29) is 12.1 Å². The summed E-state index contributed by atoms with van der Waals surface area (Å²) >= 11 is 0. The fourth-order valence-corrected chi connectivity index (χ4v) is 3.88. The lowest BCUT2D eigenvalue weighted by Gasteiger charge is -2.46. The molecule has 1 saturated heterocycles. The summed E-state index contributed by atoms with van der Waals surface area (Å²) in [6.07, 6.45) is 4.78. The molecule has 1 saturated carbocycles. The van der Waals surface area contributed by atoms with Crippen molar-refractivity contribution in [2.75, 3.05) is 13.1 Å². The van der Waals surface area contributed by atoms with Crippen LogP contribution in [-0.4, -0.2) is 41.8 Å². The smallest absolute Gasteiger partial charge is 0.407 e.